The van der Waals surface area contributed by atoms with Crippen LogP contribution in [0.5, 0.6) is 0 Å². The van der Waals surface area contributed by atoms with E-state index in [0.717, 1.165) is 12.1 Å². The van der Waals surface area contributed by atoms with Gasteiger partial charge in [-0.1, -0.05) is 6.07 Å². The Hall–Kier alpha value is -2.89. The van der Waals surface area contributed by atoms with Gasteiger partial charge in [-0.15, -0.1) is 0 Å². The minimum Gasteiger partial charge on any atom is -0.233 e. The second-order valence-electron chi connectivity index (χ2n) is 6.70. The molecule has 0 saturated carbocycles. The second kappa shape index (κ2) is 7.66. The summed E-state index contributed by atoms with van der Waals surface area (Å²) in [7, 11) is -4.13. The molecule has 0 unspecified atom stereocenters. The van der Waals surface area contributed by atoms with Crippen LogP contribution in [0.2, 0.25) is 0 Å². The zero-order valence-electron chi connectivity index (χ0n) is 15.8. The molecule has 1 aromatic heterocycles. The summed E-state index contributed by atoms with van der Waals surface area (Å²) in [5, 5.41) is 3.54. The molecular formula is C19H13F7N2O2S. The number of alkyl halides is 5. The van der Waals surface area contributed by atoms with Crippen molar-refractivity contribution in [3.63, 3.8) is 0 Å². The fraction of sp³-hybridized carbons (Fsp3) is 0.211. The van der Waals surface area contributed by atoms with Crippen molar-refractivity contribution >= 4 is 9.84 Å². The fourth-order valence-electron chi connectivity index (χ4n) is 2.95. The van der Waals surface area contributed by atoms with Crippen LogP contribution in [-0.2, 0) is 16.0 Å². The smallest absolute Gasteiger partial charge is 0.233 e. The van der Waals surface area contributed by atoms with E-state index in [1.807, 2.05) is 0 Å². The van der Waals surface area contributed by atoms with Gasteiger partial charge in [0.1, 0.15) is 22.2 Å². The molecule has 0 saturated heterocycles. The third kappa shape index (κ3) is 4.43. The minimum absolute atomic E-state index is 0.145. The van der Waals surface area contributed by atoms with Crippen LogP contribution in [0.15, 0.2) is 41.3 Å². The Balaban J connectivity index is 2.29. The van der Waals surface area contributed by atoms with E-state index in [2.05, 4.69) is 5.10 Å². The summed E-state index contributed by atoms with van der Waals surface area (Å²) < 4.78 is 119. The Morgan fingerprint density at radius 2 is 1.65 bits per heavy atom. The third-order valence-electron chi connectivity index (χ3n) is 4.42. The molecule has 4 nitrogen and oxygen atoms in total. The van der Waals surface area contributed by atoms with Crippen molar-refractivity contribution in [1.29, 1.82) is 0 Å². The van der Waals surface area contributed by atoms with Crippen LogP contribution in [-0.4, -0.2) is 24.5 Å². The molecule has 166 valence electrons. The molecule has 0 amide bonds. The second-order valence-corrected chi connectivity index (χ2v) is 8.68. The van der Waals surface area contributed by atoms with E-state index >= 15 is 0 Å². The molecule has 3 rings (SSSR count). The zero-order chi connectivity index (χ0) is 23.3. The maximum absolute atomic E-state index is 14.6. The summed E-state index contributed by atoms with van der Waals surface area (Å²) in [6, 6.07) is 4.39. The van der Waals surface area contributed by atoms with Gasteiger partial charge in [0.05, 0.1) is 16.9 Å². The molecule has 0 aliphatic rings. The molecule has 0 N–H and O–H groups in total. The highest BCUT2D eigenvalue weighted by molar-refractivity contribution is 7.90. The Morgan fingerprint density at radius 1 is 1.00 bits per heavy atom. The first kappa shape index (κ1) is 22.8. The minimum atomic E-state index is -4.76. The van der Waals surface area contributed by atoms with Crippen LogP contribution < -0.4 is 0 Å². The molecule has 2 aromatic carbocycles. The lowest BCUT2D eigenvalue weighted by molar-refractivity contribution is -0.138. The van der Waals surface area contributed by atoms with E-state index < -0.39 is 61.5 Å². The largest absolute Gasteiger partial charge is 0.416 e. The fourth-order valence-corrected chi connectivity index (χ4v) is 3.68. The number of aromatic nitrogens is 2. The van der Waals surface area contributed by atoms with Crippen molar-refractivity contribution in [2.75, 3.05) is 6.26 Å². The Bertz CT molecular complexity index is 1260. The first-order valence-electron chi connectivity index (χ1n) is 8.46. The summed E-state index contributed by atoms with van der Waals surface area (Å²) in [4.78, 5) is -0.955. The highest BCUT2D eigenvalue weighted by atomic mass is 32.2. The van der Waals surface area contributed by atoms with Crippen molar-refractivity contribution in [1.82, 2.24) is 9.78 Å². The Labute approximate surface area is 171 Å². The van der Waals surface area contributed by atoms with Crippen LogP contribution in [0.3, 0.4) is 0 Å². The van der Waals surface area contributed by atoms with Crippen LogP contribution in [0, 0.1) is 18.6 Å². The van der Waals surface area contributed by atoms with Gasteiger partial charge in [0.25, 0.3) is 6.43 Å². The van der Waals surface area contributed by atoms with Crippen LogP contribution >= 0.6 is 0 Å². The molecule has 0 aliphatic heterocycles. The third-order valence-corrected chi connectivity index (χ3v) is 5.53. The first-order valence-corrected chi connectivity index (χ1v) is 10.3. The number of benzene rings is 2. The predicted octanol–water partition coefficient (Wildman–Crippen LogP) is 5.49. The Morgan fingerprint density at radius 3 is 2.19 bits per heavy atom. The lowest BCUT2D eigenvalue weighted by Crippen LogP contribution is -2.10. The molecule has 0 atom stereocenters. The van der Waals surface area contributed by atoms with Gasteiger partial charge in [-0.05, 0) is 42.8 Å². The van der Waals surface area contributed by atoms with E-state index in [1.54, 1.807) is 0 Å². The van der Waals surface area contributed by atoms with E-state index in [1.165, 1.54) is 6.92 Å². The molecule has 3 aromatic rings. The van der Waals surface area contributed by atoms with Crippen molar-refractivity contribution in [3.05, 3.63) is 64.9 Å². The maximum Gasteiger partial charge on any atom is 0.416 e. The first-order chi connectivity index (χ1) is 14.2. The number of halogens is 7. The van der Waals surface area contributed by atoms with Gasteiger partial charge in [0, 0.05) is 11.8 Å². The molecule has 0 aliphatic carbocycles. The standard InChI is InChI=1S/C19H13F7N2O2S/c1-9-3-4-10(5-12(9)19(24,25)26)28-16(8-15(27-28)18(22)23)11-6-14(21)17(7-13(11)20)31(2,29)30/h3-8,18H,1-2H3. The zero-order valence-corrected chi connectivity index (χ0v) is 16.6. The Kier molecular flexibility index (Phi) is 5.63. The molecule has 31 heavy (non-hydrogen) atoms. The topological polar surface area (TPSA) is 52.0 Å². The number of nitrogens with zero attached hydrogens (tertiary/aromatic N) is 2. The summed E-state index contributed by atoms with van der Waals surface area (Å²) in [6.45, 7) is 1.19. The molecule has 0 fully saturated rings. The van der Waals surface area contributed by atoms with Gasteiger partial charge in [0.15, 0.2) is 9.84 Å². The highest BCUT2D eigenvalue weighted by Gasteiger charge is 2.33. The summed E-state index contributed by atoms with van der Waals surface area (Å²) >= 11 is 0. The highest BCUT2D eigenvalue weighted by Crippen LogP contribution is 2.36. The number of sulfone groups is 1. The van der Waals surface area contributed by atoms with E-state index in [-0.39, 0.29) is 11.3 Å². The number of rotatable bonds is 4. The van der Waals surface area contributed by atoms with Crippen LogP contribution in [0.1, 0.15) is 23.2 Å². The van der Waals surface area contributed by atoms with Crippen LogP contribution in [0.4, 0.5) is 30.7 Å². The number of hydrogen-bond donors (Lipinski definition) is 0. The molecule has 12 heteroatoms. The molecule has 0 radical (unpaired) electrons. The number of hydrogen-bond acceptors (Lipinski definition) is 3. The summed E-state index contributed by atoms with van der Waals surface area (Å²) in [6.07, 6.45) is -7.27. The lowest BCUT2D eigenvalue weighted by Gasteiger charge is -2.14. The van der Waals surface area contributed by atoms with Gasteiger partial charge < -0.3 is 0 Å². The van der Waals surface area contributed by atoms with E-state index in [0.29, 0.717) is 35.2 Å². The predicted molar refractivity (Wildman–Crippen MR) is 96.7 cm³/mol. The molecular weight excluding hydrogens is 453 g/mol. The van der Waals surface area contributed by atoms with Crippen molar-refractivity contribution in [2.45, 2.75) is 24.4 Å². The average molecular weight is 466 g/mol. The van der Waals surface area contributed by atoms with Crippen molar-refractivity contribution < 1.29 is 39.2 Å². The SMILES string of the molecule is Cc1ccc(-n2nc(C(F)F)cc2-c2cc(F)c(S(C)(=O)=O)cc2F)cc1C(F)(F)F. The van der Waals surface area contributed by atoms with Crippen molar-refractivity contribution in [2.24, 2.45) is 0 Å². The summed E-state index contributed by atoms with van der Waals surface area (Å²) in [5.74, 6) is -2.64. The molecule has 1 heterocycles. The normalized spacial score (nSPS) is 12.6. The lowest BCUT2D eigenvalue weighted by atomic mass is 10.1. The summed E-state index contributed by atoms with van der Waals surface area (Å²) in [5.41, 5.74) is -3.57. The monoisotopic (exact) mass is 466 g/mol. The number of aryl methyl sites for hydroxylation is 1. The molecule has 0 spiro atoms. The maximum atomic E-state index is 14.6. The average Bonchev–Trinajstić information content (AvgIpc) is 3.07. The van der Waals surface area contributed by atoms with Gasteiger partial charge in [-0.3, -0.25) is 0 Å². The van der Waals surface area contributed by atoms with Crippen molar-refractivity contribution in [3.8, 4) is 16.9 Å². The van der Waals surface area contributed by atoms with Gasteiger partial charge in [0.2, 0.25) is 0 Å². The van der Waals surface area contributed by atoms with Crippen LogP contribution in [0.25, 0.3) is 16.9 Å². The van der Waals surface area contributed by atoms with Gasteiger partial charge in [-0.25, -0.2) is 30.7 Å². The molecule has 0 bridgehead atoms. The van der Waals surface area contributed by atoms with Gasteiger partial charge in [-0.2, -0.15) is 18.3 Å². The quantitative estimate of drug-likeness (QED) is 0.478. The van der Waals surface area contributed by atoms with E-state index in [4.69, 9.17) is 0 Å². The van der Waals surface area contributed by atoms with E-state index in [9.17, 15) is 39.2 Å². The van der Waals surface area contributed by atoms with Gasteiger partial charge >= 0.3 is 6.18 Å².